The highest BCUT2D eigenvalue weighted by molar-refractivity contribution is 5.77. The van der Waals surface area contributed by atoms with Crippen molar-refractivity contribution in [3.63, 3.8) is 0 Å². The largest absolute Gasteiger partial charge is 0.508 e. The third-order valence-electron chi connectivity index (χ3n) is 3.02. The summed E-state index contributed by atoms with van der Waals surface area (Å²) in [4.78, 5) is 0. The van der Waals surface area contributed by atoms with Gasteiger partial charge in [-0.3, -0.25) is 0 Å². The van der Waals surface area contributed by atoms with Crippen molar-refractivity contribution in [1.82, 2.24) is 0 Å². The Morgan fingerprint density at radius 2 is 1.47 bits per heavy atom. The molecule has 0 aliphatic carbocycles. The maximum absolute atomic E-state index is 13.0. The number of hydrogen-bond donors (Lipinski definition) is 3. The van der Waals surface area contributed by atoms with E-state index in [1.807, 2.05) is 13.8 Å². The Labute approximate surface area is 110 Å². The Morgan fingerprint density at radius 3 is 2.05 bits per heavy atom. The van der Waals surface area contributed by atoms with Gasteiger partial charge in [0, 0.05) is 23.3 Å². The summed E-state index contributed by atoms with van der Waals surface area (Å²) in [5.41, 5.74) is 1.33. The summed E-state index contributed by atoms with van der Waals surface area (Å²) in [6, 6.07) is 6.41. The normalized spacial score (nSPS) is 10.9. The van der Waals surface area contributed by atoms with Crippen LogP contribution in [0.15, 0.2) is 30.3 Å². The van der Waals surface area contributed by atoms with Crippen LogP contribution >= 0.6 is 0 Å². The fraction of sp³-hybridized carbons (Fsp3) is 0.200. The van der Waals surface area contributed by atoms with Gasteiger partial charge in [-0.25, -0.2) is 4.39 Å². The van der Waals surface area contributed by atoms with E-state index < -0.39 is 5.82 Å². The van der Waals surface area contributed by atoms with Gasteiger partial charge in [0.25, 0.3) is 0 Å². The fourth-order valence-corrected chi connectivity index (χ4v) is 2.00. The van der Waals surface area contributed by atoms with Gasteiger partial charge in [0.15, 0.2) is 0 Å². The van der Waals surface area contributed by atoms with Gasteiger partial charge in [-0.2, -0.15) is 0 Å². The molecule has 3 N–H and O–H groups in total. The molecule has 0 aromatic heterocycles. The molecule has 0 saturated carbocycles. The van der Waals surface area contributed by atoms with E-state index in [-0.39, 0.29) is 23.2 Å². The molecule has 0 aliphatic rings. The van der Waals surface area contributed by atoms with E-state index in [0.717, 1.165) is 6.07 Å². The molecule has 0 amide bonds. The number of rotatable bonds is 2. The summed E-state index contributed by atoms with van der Waals surface area (Å²) in [5.74, 6) is -0.914. The van der Waals surface area contributed by atoms with Gasteiger partial charge in [-0.15, -0.1) is 0 Å². The van der Waals surface area contributed by atoms with Crippen molar-refractivity contribution in [2.75, 3.05) is 0 Å². The van der Waals surface area contributed by atoms with E-state index in [2.05, 4.69) is 0 Å². The first kappa shape index (κ1) is 13.2. The molecule has 0 heterocycles. The Hall–Kier alpha value is -2.23. The minimum absolute atomic E-state index is 0.00199. The van der Waals surface area contributed by atoms with Crippen LogP contribution in [-0.4, -0.2) is 15.3 Å². The van der Waals surface area contributed by atoms with E-state index in [0.29, 0.717) is 16.7 Å². The number of halogens is 1. The van der Waals surface area contributed by atoms with Crippen molar-refractivity contribution in [1.29, 1.82) is 0 Å². The average molecular weight is 262 g/mol. The lowest BCUT2D eigenvalue weighted by molar-refractivity contribution is 0.443. The van der Waals surface area contributed by atoms with Crippen LogP contribution < -0.4 is 0 Å². The van der Waals surface area contributed by atoms with Gasteiger partial charge in [0.05, 0.1) is 0 Å². The molecule has 2 aromatic carbocycles. The van der Waals surface area contributed by atoms with E-state index >= 15 is 0 Å². The predicted molar refractivity (Wildman–Crippen MR) is 70.9 cm³/mol. The number of benzene rings is 2. The van der Waals surface area contributed by atoms with Gasteiger partial charge in [0.2, 0.25) is 0 Å². The van der Waals surface area contributed by atoms with Crippen LogP contribution in [0.4, 0.5) is 4.39 Å². The van der Waals surface area contributed by atoms with Gasteiger partial charge in [0.1, 0.15) is 23.1 Å². The Balaban J connectivity index is 2.64. The molecule has 2 aromatic rings. The van der Waals surface area contributed by atoms with E-state index in [9.17, 15) is 19.7 Å². The van der Waals surface area contributed by atoms with Crippen molar-refractivity contribution >= 4 is 0 Å². The Morgan fingerprint density at radius 1 is 0.842 bits per heavy atom. The smallest absolute Gasteiger partial charge is 0.127 e. The first-order valence-electron chi connectivity index (χ1n) is 5.95. The lowest BCUT2D eigenvalue weighted by atomic mass is 9.95. The summed E-state index contributed by atoms with van der Waals surface area (Å²) in [7, 11) is 0. The van der Waals surface area contributed by atoms with Crippen molar-refractivity contribution in [3.8, 4) is 28.4 Å². The zero-order chi connectivity index (χ0) is 14.2. The maximum atomic E-state index is 13.0. The molecule has 0 unspecified atom stereocenters. The number of phenolic OH excluding ortho intramolecular Hbond substituents is 3. The third-order valence-corrected chi connectivity index (χ3v) is 3.02. The highest BCUT2D eigenvalue weighted by Crippen LogP contribution is 2.40. The Bertz CT molecular complexity index is 621. The minimum atomic E-state index is -0.552. The van der Waals surface area contributed by atoms with E-state index in [1.165, 1.54) is 18.2 Å². The van der Waals surface area contributed by atoms with Crippen LogP contribution in [0.2, 0.25) is 0 Å². The van der Waals surface area contributed by atoms with Crippen LogP contribution in [0, 0.1) is 5.82 Å². The highest BCUT2D eigenvalue weighted by atomic mass is 19.1. The Kier molecular flexibility index (Phi) is 3.34. The lowest BCUT2D eigenvalue weighted by Crippen LogP contribution is -1.91. The van der Waals surface area contributed by atoms with E-state index in [4.69, 9.17) is 0 Å². The van der Waals surface area contributed by atoms with Crippen LogP contribution in [0.1, 0.15) is 25.3 Å². The minimum Gasteiger partial charge on any atom is -0.508 e. The first-order valence-corrected chi connectivity index (χ1v) is 5.95. The lowest BCUT2D eigenvalue weighted by Gasteiger charge is -2.13. The van der Waals surface area contributed by atoms with Crippen LogP contribution in [0.5, 0.6) is 17.2 Å². The molecule has 0 atom stereocenters. The molecule has 0 aliphatic heterocycles. The second-order valence-corrected chi connectivity index (χ2v) is 4.74. The van der Waals surface area contributed by atoms with Crippen LogP contribution in [0.25, 0.3) is 11.1 Å². The fourth-order valence-electron chi connectivity index (χ4n) is 2.00. The van der Waals surface area contributed by atoms with Crippen molar-refractivity contribution in [2.24, 2.45) is 0 Å². The number of hydrogen-bond acceptors (Lipinski definition) is 3. The molecule has 3 nitrogen and oxygen atoms in total. The van der Waals surface area contributed by atoms with Gasteiger partial charge in [-0.1, -0.05) is 13.8 Å². The molecule has 0 spiro atoms. The summed E-state index contributed by atoms with van der Waals surface area (Å²) < 4.78 is 13.0. The predicted octanol–water partition coefficient (Wildman–Crippen LogP) is 3.73. The second-order valence-electron chi connectivity index (χ2n) is 4.74. The van der Waals surface area contributed by atoms with Gasteiger partial charge >= 0.3 is 0 Å². The number of aromatic hydroxyl groups is 3. The van der Waals surface area contributed by atoms with Gasteiger partial charge in [-0.05, 0) is 29.7 Å². The molecule has 0 bridgehead atoms. The standard InChI is InChI=1S/C15H15FO3/c1-8(2)11-6-12(15(19)7-14(11)18)10-4-3-9(16)5-13(10)17/h3-8,17-19H,1-2H3. The SMILES string of the molecule is CC(C)c1cc(-c2ccc(F)cc2O)c(O)cc1O. The summed E-state index contributed by atoms with van der Waals surface area (Å²) >= 11 is 0. The molecule has 0 fully saturated rings. The summed E-state index contributed by atoms with van der Waals surface area (Å²) in [6.45, 7) is 3.81. The monoisotopic (exact) mass is 262 g/mol. The maximum Gasteiger partial charge on any atom is 0.127 e. The van der Waals surface area contributed by atoms with Crippen LogP contribution in [0.3, 0.4) is 0 Å². The molecule has 19 heavy (non-hydrogen) atoms. The summed E-state index contributed by atoms with van der Waals surface area (Å²) in [6.07, 6.45) is 0. The molecule has 0 radical (unpaired) electrons. The van der Waals surface area contributed by atoms with Crippen molar-refractivity contribution < 1.29 is 19.7 Å². The second kappa shape index (κ2) is 4.80. The van der Waals surface area contributed by atoms with Gasteiger partial charge < -0.3 is 15.3 Å². The number of phenols is 3. The average Bonchev–Trinajstić information content (AvgIpc) is 2.30. The first-order chi connectivity index (χ1) is 8.90. The molecule has 2 rings (SSSR count). The zero-order valence-corrected chi connectivity index (χ0v) is 10.7. The van der Waals surface area contributed by atoms with Crippen LogP contribution in [-0.2, 0) is 0 Å². The quantitative estimate of drug-likeness (QED) is 0.772. The molecular weight excluding hydrogens is 247 g/mol. The zero-order valence-electron chi connectivity index (χ0n) is 10.7. The molecule has 0 saturated heterocycles. The van der Waals surface area contributed by atoms with Crippen molar-refractivity contribution in [2.45, 2.75) is 19.8 Å². The third kappa shape index (κ3) is 2.47. The molecule has 100 valence electrons. The molecule has 4 heteroatoms. The topological polar surface area (TPSA) is 60.7 Å². The summed E-state index contributed by atoms with van der Waals surface area (Å²) in [5, 5.41) is 29.4. The van der Waals surface area contributed by atoms with E-state index in [1.54, 1.807) is 6.07 Å². The highest BCUT2D eigenvalue weighted by Gasteiger charge is 2.15. The molecular formula is C15H15FO3. The van der Waals surface area contributed by atoms with Crippen molar-refractivity contribution in [3.05, 3.63) is 41.7 Å².